The maximum absolute atomic E-state index is 11.8. The molecule has 6 heteroatoms. The van der Waals surface area contributed by atoms with E-state index in [1.54, 1.807) is 12.3 Å². The van der Waals surface area contributed by atoms with Crippen molar-refractivity contribution in [2.75, 3.05) is 43.9 Å². The van der Waals surface area contributed by atoms with E-state index in [2.05, 4.69) is 10.3 Å². The average molecular weight is 250 g/mol. The minimum Gasteiger partial charge on any atom is -0.384 e. The number of hydrogen-bond acceptors (Lipinski definition) is 5. The molecule has 1 amide bonds. The minimum atomic E-state index is 0.161. The molecule has 2 heterocycles. The van der Waals surface area contributed by atoms with Crippen molar-refractivity contribution in [3.63, 3.8) is 0 Å². The normalized spacial score (nSPS) is 15.4. The van der Waals surface area contributed by atoms with Crippen LogP contribution in [0.1, 0.15) is 6.42 Å². The average Bonchev–Trinajstić information content (AvgIpc) is 2.42. The number of pyridine rings is 1. The summed E-state index contributed by atoms with van der Waals surface area (Å²) in [6, 6.07) is 3.58. The highest BCUT2D eigenvalue weighted by molar-refractivity contribution is 5.76. The number of carbonyl (C=O) groups excluding carboxylic acids is 1. The quantitative estimate of drug-likeness (QED) is 0.804. The van der Waals surface area contributed by atoms with Crippen molar-refractivity contribution in [3.8, 4) is 0 Å². The molecule has 0 spiro atoms. The smallest absolute Gasteiger partial charge is 0.224 e. The van der Waals surface area contributed by atoms with E-state index in [4.69, 9.17) is 10.5 Å². The monoisotopic (exact) mass is 250 g/mol. The first-order chi connectivity index (χ1) is 8.75. The molecule has 0 bridgehead atoms. The number of aromatic nitrogens is 1. The zero-order valence-electron chi connectivity index (χ0n) is 10.3. The molecule has 1 aliphatic rings. The molecule has 1 aliphatic heterocycles. The van der Waals surface area contributed by atoms with Gasteiger partial charge in [-0.3, -0.25) is 4.79 Å². The van der Waals surface area contributed by atoms with Crippen molar-refractivity contribution in [1.29, 1.82) is 0 Å². The Hall–Kier alpha value is -1.82. The Morgan fingerprint density at radius 2 is 2.22 bits per heavy atom. The summed E-state index contributed by atoms with van der Waals surface area (Å²) < 4.78 is 5.21. The number of carbonyl (C=O) groups is 1. The molecule has 0 atom stereocenters. The van der Waals surface area contributed by atoms with Crippen molar-refractivity contribution in [3.05, 3.63) is 18.3 Å². The summed E-state index contributed by atoms with van der Waals surface area (Å²) in [6.45, 7) is 3.27. The fourth-order valence-corrected chi connectivity index (χ4v) is 1.79. The molecule has 1 fully saturated rings. The van der Waals surface area contributed by atoms with E-state index in [1.807, 2.05) is 11.0 Å². The summed E-state index contributed by atoms with van der Waals surface area (Å²) >= 11 is 0. The number of nitrogens with one attached hydrogen (secondary N) is 1. The highest BCUT2D eigenvalue weighted by atomic mass is 16.5. The maximum Gasteiger partial charge on any atom is 0.224 e. The van der Waals surface area contributed by atoms with E-state index in [0.29, 0.717) is 45.1 Å². The molecule has 98 valence electrons. The Labute approximate surface area is 106 Å². The second-order valence-corrected chi connectivity index (χ2v) is 4.14. The maximum atomic E-state index is 11.8. The van der Waals surface area contributed by atoms with Gasteiger partial charge in [-0.1, -0.05) is 0 Å². The zero-order chi connectivity index (χ0) is 12.8. The first-order valence-corrected chi connectivity index (χ1v) is 6.06. The van der Waals surface area contributed by atoms with Crippen LogP contribution in [0.25, 0.3) is 0 Å². The number of amides is 1. The molecular weight excluding hydrogens is 232 g/mol. The van der Waals surface area contributed by atoms with Crippen LogP contribution in [0.15, 0.2) is 18.3 Å². The van der Waals surface area contributed by atoms with Gasteiger partial charge in [0.15, 0.2) is 0 Å². The Bertz CT molecular complexity index is 388. The van der Waals surface area contributed by atoms with Crippen LogP contribution in [0.3, 0.4) is 0 Å². The lowest BCUT2D eigenvalue weighted by Crippen LogP contribution is -2.41. The number of rotatable bonds is 4. The van der Waals surface area contributed by atoms with Crippen molar-refractivity contribution >= 4 is 17.4 Å². The fourth-order valence-electron chi connectivity index (χ4n) is 1.79. The molecule has 0 aliphatic carbocycles. The van der Waals surface area contributed by atoms with Crippen molar-refractivity contribution in [2.45, 2.75) is 6.42 Å². The van der Waals surface area contributed by atoms with Gasteiger partial charge in [0.1, 0.15) is 5.82 Å². The van der Waals surface area contributed by atoms with Crippen molar-refractivity contribution in [2.24, 2.45) is 0 Å². The van der Waals surface area contributed by atoms with Gasteiger partial charge < -0.3 is 20.7 Å². The molecular formula is C12H18N4O2. The van der Waals surface area contributed by atoms with E-state index in [0.717, 1.165) is 5.69 Å². The molecule has 18 heavy (non-hydrogen) atoms. The summed E-state index contributed by atoms with van der Waals surface area (Å²) in [5, 5.41) is 3.15. The Morgan fingerprint density at radius 3 is 2.89 bits per heavy atom. The standard InChI is InChI=1S/C12H18N4O2/c13-11-2-1-10(9-15-11)14-4-3-12(17)16-5-7-18-8-6-16/h1-2,9,14H,3-8H2,(H2,13,15). The summed E-state index contributed by atoms with van der Waals surface area (Å²) in [5.41, 5.74) is 6.36. The number of nitrogen functional groups attached to an aromatic ring is 1. The number of morpholine rings is 1. The highest BCUT2D eigenvalue weighted by Crippen LogP contribution is 2.07. The SMILES string of the molecule is Nc1ccc(NCCC(=O)N2CCOCC2)cn1. The molecule has 3 N–H and O–H groups in total. The number of nitrogens with two attached hydrogens (primary N) is 1. The topological polar surface area (TPSA) is 80.5 Å². The fraction of sp³-hybridized carbons (Fsp3) is 0.500. The molecule has 0 unspecified atom stereocenters. The first kappa shape index (κ1) is 12.6. The molecule has 0 aromatic carbocycles. The van der Waals surface area contributed by atoms with Crippen molar-refractivity contribution in [1.82, 2.24) is 9.88 Å². The van der Waals surface area contributed by atoms with Crippen LogP contribution in [-0.4, -0.2) is 48.6 Å². The lowest BCUT2D eigenvalue weighted by molar-refractivity contribution is -0.134. The largest absolute Gasteiger partial charge is 0.384 e. The second-order valence-electron chi connectivity index (χ2n) is 4.14. The van der Waals surface area contributed by atoms with E-state index in [1.165, 1.54) is 0 Å². The molecule has 0 saturated carbocycles. The predicted octanol–water partition coefficient (Wildman–Crippen LogP) is 0.325. The van der Waals surface area contributed by atoms with Crippen LogP contribution in [0.2, 0.25) is 0 Å². The van der Waals surface area contributed by atoms with Crippen LogP contribution in [-0.2, 0) is 9.53 Å². The van der Waals surface area contributed by atoms with E-state index in [9.17, 15) is 4.79 Å². The van der Waals surface area contributed by atoms with Gasteiger partial charge in [-0.05, 0) is 12.1 Å². The highest BCUT2D eigenvalue weighted by Gasteiger charge is 2.15. The number of hydrogen-bond donors (Lipinski definition) is 2. The summed E-state index contributed by atoms with van der Waals surface area (Å²) in [5.74, 6) is 0.652. The van der Waals surface area contributed by atoms with Crippen LogP contribution >= 0.6 is 0 Å². The van der Waals surface area contributed by atoms with Gasteiger partial charge in [-0.2, -0.15) is 0 Å². The van der Waals surface area contributed by atoms with Gasteiger partial charge in [0.2, 0.25) is 5.91 Å². The van der Waals surface area contributed by atoms with E-state index >= 15 is 0 Å². The Morgan fingerprint density at radius 1 is 1.44 bits per heavy atom. The summed E-state index contributed by atoms with van der Waals surface area (Å²) in [7, 11) is 0. The molecule has 1 aromatic rings. The van der Waals surface area contributed by atoms with Crippen LogP contribution in [0.5, 0.6) is 0 Å². The molecule has 2 rings (SSSR count). The van der Waals surface area contributed by atoms with Crippen LogP contribution < -0.4 is 11.1 Å². The number of nitrogens with zero attached hydrogens (tertiary/aromatic N) is 2. The molecule has 1 saturated heterocycles. The van der Waals surface area contributed by atoms with Gasteiger partial charge in [-0.25, -0.2) is 4.98 Å². The van der Waals surface area contributed by atoms with Gasteiger partial charge >= 0.3 is 0 Å². The van der Waals surface area contributed by atoms with E-state index < -0.39 is 0 Å². The number of ether oxygens (including phenoxy) is 1. The molecule has 0 radical (unpaired) electrons. The van der Waals surface area contributed by atoms with Crippen molar-refractivity contribution < 1.29 is 9.53 Å². The Balaban J connectivity index is 1.71. The lowest BCUT2D eigenvalue weighted by atomic mass is 10.3. The predicted molar refractivity (Wildman–Crippen MR) is 69.2 cm³/mol. The zero-order valence-corrected chi connectivity index (χ0v) is 10.3. The molecule has 1 aromatic heterocycles. The summed E-state index contributed by atoms with van der Waals surface area (Å²) in [4.78, 5) is 17.6. The van der Waals surface area contributed by atoms with Gasteiger partial charge in [-0.15, -0.1) is 0 Å². The molecule has 6 nitrogen and oxygen atoms in total. The number of anilines is 2. The lowest BCUT2D eigenvalue weighted by Gasteiger charge is -2.26. The first-order valence-electron chi connectivity index (χ1n) is 6.06. The van der Waals surface area contributed by atoms with Gasteiger partial charge in [0.25, 0.3) is 0 Å². The third-order valence-corrected chi connectivity index (χ3v) is 2.82. The minimum absolute atomic E-state index is 0.161. The second kappa shape index (κ2) is 6.20. The van der Waals surface area contributed by atoms with E-state index in [-0.39, 0.29) is 5.91 Å². The summed E-state index contributed by atoms with van der Waals surface area (Å²) in [6.07, 6.45) is 2.14. The van der Waals surface area contributed by atoms with Crippen LogP contribution in [0.4, 0.5) is 11.5 Å². The van der Waals surface area contributed by atoms with Gasteiger partial charge in [0, 0.05) is 26.1 Å². The third-order valence-electron chi connectivity index (χ3n) is 2.82. The van der Waals surface area contributed by atoms with Gasteiger partial charge in [0.05, 0.1) is 25.1 Å². The Kier molecular flexibility index (Phi) is 4.35. The van der Waals surface area contributed by atoms with Crippen LogP contribution in [0, 0.1) is 0 Å². The third kappa shape index (κ3) is 3.59.